The Bertz CT molecular complexity index is 397. The summed E-state index contributed by atoms with van der Waals surface area (Å²) in [4.78, 5) is 0. The van der Waals surface area contributed by atoms with Gasteiger partial charge in [-0.1, -0.05) is 76.3 Å². The van der Waals surface area contributed by atoms with E-state index in [1.807, 2.05) is 0 Å². The summed E-state index contributed by atoms with van der Waals surface area (Å²) in [7, 11) is 0. The maximum Gasteiger partial charge on any atom is 0.0309 e. The second-order valence-electron chi connectivity index (χ2n) is 6.75. The zero-order valence-electron chi connectivity index (χ0n) is 13.8. The number of rotatable bonds is 9. The summed E-state index contributed by atoms with van der Waals surface area (Å²) in [6.45, 7) is 4.60. The minimum Gasteiger partial charge on any atom is -0.271 e. The molecular weight excluding hydrogens is 256 g/mol. The molecule has 0 aliphatic heterocycles. The van der Waals surface area contributed by atoms with Crippen LogP contribution in [0.1, 0.15) is 70.8 Å². The Kier molecular flexibility index (Phi) is 6.25. The van der Waals surface area contributed by atoms with Crippen LogP contribution in [0.4, 0.5) is 0 Å². The Morgan fingerprint density at radius 1 is 1.19 bits per heavy atom. The van der Waals surface area contributed by atoms with Gasteiger partial charge in [-0.15, -0.1) is 0 Å². The highest BCUT2D eigenvalue weighted by atomic mass is 15.2. The summed E-state index contributed by atoms with van der Waals surface area (Å²) in [6.07, 6.45) is 10.3. The molecule has 118 valence electrons. The monoisotopic (exact) mass is 288 g/mol. The molecule has 1 fully saturated rings. The molecule has 0 amide bonds. The highest BCUT2D eigenvalue weighted by Crippen LogP contribution is 2.48. The number of unbranched alkanes of at least 4 members (excludes halogenated alkanes) is 1. The average Bonchev–Trinajstić information content (AvgIpc) is 2.49. The summed E-state index contributed by atoms with van der Waals surface area (Å²) >= 11 is 0. The van der Waals surface area contributed by atoms with Gasteiger partial charge in [-0.05, 0) is 30.7 Å². The van der Waals surface area contributed by atoms with Gasteiger partial charge >= 0.3 is 0 Å². The van der Waals surface area contributed by atoms with E-state index in [2.05, 4.69) is 49.6 Å². The largest absolute Gasteiger partial charge is 0.271 e. The molecule has 1 aliphatic rings. The molecule has 0 spiro atoms. The first-order valence-electron chi connectivity index (χ1n) is 8.78. The van der Waals surface area contributed by atoms with E-state index >= 15 is 0 Å². The van der Waals surface area contributed by atoms with Crippen molar-refractivity contribution in [2.24, 2.45) is 11.8 Å². The average molecular weight is 288 g/mol. The predicted molar refractivity (Wildman–Crippen MR) is 91.0 cm³/mol. The third-order valence-corrected chi connectivity index (χ3v) is 5.58. The van der Waals surface area contributed by atoms with E-state index in [0.717, 1.165) is 5.92 Å². The molecule has 2 nitrogen and oxygen atoms in total. The highest BCUT2D eigenvalue weighted by molar-refractivity contribution is 5.30. The van der Waals surface area contributed by atoms with Crippen molar-refractivity contribution in [2.45, 2.75) is 76.7 Å². The number of nitrogens with one attached hydrogen (secondary N) is 1. The molecule has 21 heavy (non-hydrogen) atoms. The van der Waals surface area contributed by atoms with E-state index in [1.54, 1.807) is 0 Å². The third kappa shape index (κ3) is 3.67. The van der Waals surface area contributed by atoms with Crippen LogP contribution in [0.15, 0.2) is 30.3 Å². The molecular formula is C19H32N2. The fourth-order valence-corrected chi connectivity index (χ4v) is 3.93. The van der Waals surface area contributed by atoms with E-state index in [9.17, 15) is 0 Å². The third-order valence-electron chi connectivity index (χ3n) is 5.58. The van der Waals surface area contributed by atoms with Crippen molar-refractivity contribution in [3.05, 3.63) is 35.9 Å². The summed E-state index contributed by atoms with van der Waals surface area (Å²) < 4.78 is 0. The molecule has 2 atom stereocenters. The normalized spacial score (nSPS) is 19.8. The van der Waals surface area contributed by atoms with Gasteiger partial charge in [-0.3, -0.25) is 11.3 Å². The van der Waals surface area contributed by atoms with Crippen molar-refractivity contribution < 1.29 is 0 Å². The zero-order valence-corrected chi connectivity index (χ0v) is 13.8. The Morgan fingerprint density at radius 3 is 2.38 bits per heavy atom. The number of hydrazine groups is 1. The second-order valence-corrected chi connectivity index (χ2v) is 6.75. The molecule has 1 aromatic rings. The van der Waals surface area contributed by atoms with Crippen LogP contribution in [0, 0.1) is 5.92 Å². The Balaban J connectivity index is 2.11. The van der Waals surface area contributed by atoms with E-state index in [0.29, 0.717) is 6.04 Å². The van der Waals surface area contributed by atoms with Gasteiger partial charge < -0.3 is 0 Å². The van der Waals surface area contributed by atoms with Crippen LogP contribution in [-0.4, -0.2) is 6.04 Å². The van der Waals surface area contributed by atoms with Gasteiger partial charge in [0.05, 0.1) is 0 Å². The lowest BCUT2D eigenvalue weighted by atomic mass is 9.58. The second kappa shape index (κ2) is 7.95. The minimum atomic E-state index is 0.273. The zero-order chi connectivity index (χ0) is 15.1. The first-order valence-corrected chi connectivity index (χ1v) is 8.78. The molecule has 2 rings (SSSR count). The van der Waals surface area contributed by atoms with Crippen LogP contribution in [0.25, 0.3) is 0 Å². The number of hydrogen-bond donors (Lipinski definition) is 2. The highest BCUT2D eigenvalue weighted by Gasteiger charge is 2.45. The fourth-order valence-electron chi connectivity index (χ4n) is 3.93. The Hall–Kier alpha value is -0.860. The fraction of sp³-hybridized carbons (Fsp3) is 0.684. The maximum atomic E-state index is 5.99. The van der Waals surface area contributed by atoms with Gasteiger partial charge in [0.25, 0.3) is 0 Å². The molecule has 0 saturated heterocycles. The summed E-state index contributed by atoms with van der Waals surface area (Å²) in [6, 6.07) is 11.4. The molecule has 1 saturated carbocycles. The molecule has 2 heteroatoms. The van der Waals surface area contributed by atoms with Crippen molar-refractivity contribution in [1.29, 1.82) is 0 Å². The molecule has 0 bridgehead atoms. The van der Waals surface area contributed by atoms with Gasteiger partial charge in [0.15, 0.2) is 0 Å². The van der Waals surface area contributed by atoms with E-state index in [4.69, 9.17) is 5.84 Å². The lowest BCUT2D eigenvalue weighted by molar-refractivity contribution is 0.144. The van der Waals surface area contributed by atoms with Crippen LogP contribution in [0.3, 0.4) is 0 Å². The minimum absolute atomic E-state index is 0.273. The summed E-state index contributed by atoms with van der Waals surface area (Å²) in [5.41, 5.74) is 4.93. The molecule has 0 radical (unpaired) electrons. The quantitative estimate of drug-likeness (QED) is 0.517. The predicted octanol–water partition coefficient (Wildman–Crippen LogP) is 4.55. The molecule has 1 aromatic carbocycles. The topological polar surface area (TPSA) is 38.0 Å². The molecule has 3 N–H and O–H groups in total. The van der Waals surface area contributed by atoms with Crippen molar-refractivity contribution in [3.63, 3.8) is 0 Å². The summed E-state index contributed by atoms with van der Waals surface area (Å²) in [5, 5.41) is 0. The molecule has 2 unspecified atom stereocenters. The van der Waals surface area contributed by atoms with E-state index in [1.165, 1.54) is 56.9 Å². The Morgan fingerprint density at radius 2 is 1.90 bits per heavy atom. The van der Waals surface area contributed by atoms with Gasteiger partial charge in [-0.2, -0.15) is 0 Å². The molecule has 0 heterocycles. The molecule has 1 aliphatic carbocycles. The van der Waals surface area contributed by atoms with Crippen LogP contribution in [0.5, 0.6) is 0 Å². The van der Waals surface area contributed by atoms with Crippen LogP contribution < -0.4 is 11.3 Å². The Labute approximate surface area is 130 Å². The van der Waals surface area contributed by atoms with Crippen LogP contribution in [0.2, 0.25) is 0 Å². The standard InChI is InChI=1S/C19H32N2/c1-3-5-10-16(4-2)15-18(21-20)19(13-9-14-19)17-11-7-6-8-12-17/h6-8,11-12,16,18,21H,3-5,9-10,13-15,20H2,1-2H3. The number of benzene rings is 1. The van der Waals surface area contributed by atoms with E-state index in [-0.39, 0.29) is 5.41 Å². The van der Waals surface area contributed by atoms with Gasteiger partial charge in [0.1, 0.15) is 0 Å². The summed E-state index contributed by atoms with van der Waals surface area (Å²) in [5.74, 6) is 6.79. The molecule has 0 aromatic heterocycles. The van der Waals surface area contributed by atoms with Crippen LogP contribution >= 0.6 is 0 Å². The number of hydrogen-bond acceptors (Lipinski definition) is 2. The van der Waals surface area contributed by atoms with Crippen molar-refractivity contribution in [2.75, 3.05) is 0 Å². The maximum absolute atomic E-state index is 5.99. The van der Waals surface area contributed by atoms with Gasteiger partial charge in [0.2, 0.25) is 0 Å². The first-order chi connectivity index (χ1) is 10.3. The van der Waals surface area contributed by atoms with Crippen molar-refractivity contribution >= 4 is 0 Å². The van der Waals surface area contributed by atoms with Crippen molar-refractivity contribution in [3.8, 4) is 0 Å². The lowest BCUT2D eigenvalue weighted by Gasteiger charge is -2.49. The SMILES string of the molecule is CCCCC(CC)CC(NN)C1(c2ccccc2)CCC1. The lowest BCUT2D eigenvalue weighted by Crippen LogP contribution is -2.55. The van der Waals surface area contributed by atoms with Crippen molar-refractivity contribution in [1.82, 2.24) is 5.43 Å². The first kappa shape index (κ1) is 16.5. The van der Waals surface area contributed by atoms with Gasteiger partial charge in [-0.25, -0.2) is 0 Å². The van der Waals surface area contributed by atoms with E-state index < -0.39 is 0 Å². The van der Waals surface area contributed by atoms with Crippen LogP contribution in [-0.2, 0) is 5.41 Å². The smallest absolute Gasteiger partial charge is 0.0309 e. The van der Waals surface area contributed by atoms with Gasteiger partial charge in [0, 0.05) is 11.5 Å². The number of nitrogens with two attached hydrogens (primary N) is 1.